The van der Waals surface area contributed by atoms with Crippen molar-refractivity contribution in [2.24, 2.45) is 0 Å². The van der Waals surface area contributed by atoms with Crippen molar-refractivity contribution in [3.8, 4) is 0 Å². The second-order valence-corrected chi connectivity index (χ2v) is 14.0. The van der Waals surface area contributed by atoms with E-state index >= 15 is 0 Å². The molecule has 0 aromatic rings. The summed E-state index contributed by atoms with van der Waals surface area (Å²) in [5, 5.41) is 0. The van der Waals surface area contributed by atoms with Crippen LogP contribution in [0.3, 0.4) is 0 Å². The maximum Gasteiger partial charge on any atom is 0.500 e. The molecule has 6 nitrogen and oxygen atoms in total. The molecule has 8 heteroatoms. The van der Waals surface area contributed by atoms with Crippen LogP contribution in [0.5, 0.6) is 0 Å². The molecule has 0 rings (SSSR count). The van der Waals surface area contributed by atoms with Crippen molar-refractivity contribution in [2.45, 2.75) is 57.8 Å². The largest absolute Gasteiger partial charge is 0.519 e. The second kappa shape index (κ2) is 12.2. The third-order valence-corrected chi connectivity index (χ3v) is 12.3. The number of hydrogen-bond donors (Lipinski definition) is 0. The number of nitrogens with zero attached hydrogens (tertiary/aromatic N) is 1. The molecule has 0 aromatic heterocycles. The molecule has 0 atom stereocenters. The highest BCUT2D eigenvalue weighted by molar-refractivity contribution is 6.74. The molecule has 0 saturated carbocycles. The fourth-order valence-electron chi connectivity index (χ4n) is 2.77. The van der Waals surface area contributed by atoms with Crippen LogP contribution in [-0.2, 0) is 22.5 Å². The Bertz CT molecular complexity index is 333. The minimum Gasteiger partial charge on any atom is -0.519 e. The summed E-state index contributed by atoms with van der Waals surface area (Å²) in [6, 6.07) is 3.76. The normalized spacial score (nSPS) is 12.7. The first kappa shape index (κ1) is 23.7. The Morgan fingerprint density at radius 2 is 1.42 bits per heavy atom. The zero-order valence-corrected chi connectivity index (χ0v) is 18.6. The van der Waals surface area contributed by atoms with Crippen molar-refractivity contribution in [2.75, 3.05) is 41.5 Å². The molecule has 0 heterocycles. The minimum absolute atomic E-state index is 0.0477. The van der Waals surface area contributed by atoms with Gasteiger partial charge in [-0.1, -0.05) is 20.8 Å². The van der Waals surface area contributed by atoms with Crippen LogP contribution in [0.25, 0.3) is 0 Å². The smallest absolute Gasteiger partial charge is 0.500 e. The van der Waals surface area contributed by atoms with E-state index < -0.39 is 17.1 Å². The summed E-state index contributed by atoms with van der Waals surface area (Å²) in [5.41, 5.74) is 0. The number of hydrogen-bond acceptors (Lipinski definition) is 6. The van der Waals surface area contributed by atoms with Crippen LogP contribution in [0, 0.1) is 0 Å². The summed E-state index contributed by atoms with van der Waals surface area (Å²) in [6.45, 7) is 7.99. The molecule has 144 valence electrons. The first-order valence-electron chi connectivity index (χ1n) is 8.92. The predicted octanol–water partition coefficient (Wildman–Crippen LogP) is 3.12. The van der Waals surface area contributed by atoms with Gasteiger partial charge in [0.1, 0.15) is 0 Å². The Kier molecular flexibility index (Phi) is 12.0. The maximum absolute atomic E-state index is 12.1. The molecule has 0 aromatic carbocycles. The molecule has 0 amide bonds. The molecule has 0 radical (unpaired) electrons. The van der Waals surface area contributed by atoms with Gasteiger partial charge in [-0.25, -0.2) is 0 Å². The Morgan fingerprint density at radius 3 is 1.83 bits per heavy atom. The van der Waals surface area contributed by atoms with E-state index in [2.05, 4.69) is 25.7 Å². The van der Waals surface area contributed by atoms with Gasteiger partial charge in [-0.05, 0) is 38.1 Å². The third-order valence-electron chi connectivity index (χ3n) is 4.92. The molecule has 0 N–H and O–H groups in total. The van der Waals surface area contributed by atoms with Crippen molar-refractivity contribution in [3.63, 3.8) is 0 Å². The SMILES string of the molecule is CC[Si](CC)(CC)OC(=O)CCN(C)CCC[Si](OC)(OC)OC. The van der Waals surface area contributed by atoms with E-state index in [1.165, 1.54) is 0 Å². The highest BCUT2D eigenvalue weighted by Crippen LogP contribution is 2.22. The lowest BCUT2D eigenvalue weighted by molar-refractivity contribution is -0.135. The molecule has 0 aliphatic rings. The topological polar surface area (TPSA) is 57.2 Å². The van der Waals surface area contributed by atoms with Crippen molar-refractivity contribution in [1.82, 2.24) is 4.90 Å². The van der Waals surface area contributed by atoms with Gasteiger partial charge in [-0.2, -0.15) is 0 Å². The van der Waals surface area contributed by atoms with Gasteiger partial charge in [0, 0.05) is 33.9 Å². The molecular weight excluding hydrogens is 342 g/mol. The highest BCUT2D eigenvalue weighted by atomic mass is 28.4. The van der Waals surface area contributed by atoms with E-state index in [0.717, 1.165) is 37.1 Å². The van der Waals surface area contributed by atoms with E-state index in [4.69, 9.17) is 17.7 Å². The van der Waals surface area contributed by atoms with Crippen LogP contribution in [0.2, 0.25) is 24.2 Å². The second-order valence-electron chi connectivity index (χ2n) is 6.17. The lowest BCUT2D eigenvalue weighted by atomic mass is 10.3. The summed E-state index contributed by atoms with van der Waals surface area (Å²) in [7, 11) is 2.59. The van der Waals surface area contributed by atoms with Gasteiger partial charge in [0.2, 0.25) is 0 Å². The third kappa shape index (κ3) is 7.75. The molecular formula is C16H37NO5Si2. The van der Waals surface area contributed by atoms with Crippen LogP contribution in [0.4, 0.5) is 0 Å². The van der Waals surface area contributed by atoms with Crippen LogP contribution in [0.15, 0.2) is 0 Å². The van der Waals surface area contributed by atoms with Crippen LogP contribution in [0.1, 0.15) is 33.6 Å². The van der Waals surface area contributed by atoms with Crippen molar-refractivity contribution in [3.05, 3.63) is 0 Å². The van der Waals surface area contributed by atoms with E-state index in [1.54, 1.807) is 21.3 Å². The molecule has 0 spiro atoms. The van der Waals surface area contributed by atoms with Gasteiger partial charge >= 0.3 is 8.80 Å². The Labute approximate surface area is 150 Å². The van der Waals surface area contributed by atoms with Crippen LogP contribution < -0.4 is 0 Å². The highest BCUT2D eigenvalue weighted by Gasteiger charge is 2.37. The van der Waals surface area contributed by atoms with Gasteiger partial charge in [0.05, 0.1) is 6.42 Å². The lowest BCUT2D eigenvalue weighted by Gasteiger charge is -2.28. The maximum atomic E-state index is 12.1. The van der Waals surface area contributed by atoms with Crippen molar-refractivity contribution < 1.29 is 22.5 Å². The molecule has 0 fully saturated rings. The van der Waals surface area contributed by atoms with Gasteiger partial charge in [-0.3, -0.25) is 4.79 Å². The predicted molar refractivity (Wildman–Crippen MR) is 102 cm³/mol. The Balaban J connectivity index is 4.17. The summed E-state index contributed by atoms with van der Waals surface area (Å²) >= 11 is 0. The molecule has 24 heavy (non-hydrogen) atoms. The minimum atomic E-state index is -2.49. The van der Waals surface area contributed by atoms with Gasteiger partial charge < -0.3 is 22.6 Å². The summed E-state index contributed by atoms with van der Waals surface area (Å²) in [5.74, 6) is -0.0477. The van der Waals surface area contributed by atoms with E-state index in [0.29, 0.717) is 13.0 Å². The molecule has 0 aliphatic carbocycles. The van der Waals surface area contributed by atoms with E-state index in [9.17, 15) is 4.79 Å². The summed E-state index contributed by atoms with van der Waals surface area (Å²) in [4.78, 5) is 14.3. The van der Waals surface area contributed by atoms with Crippen molar-refractivity contribution in [1.29, 1.82) is 0 Å². The Hall–Kier alpha value is -0.256. The number of rotatable bonds is 14. The monoisotopic (exact) mass is 379 g/mol. The standard InChI is InChI=1S/C16H37NO5Si2/c1-8-23(9-2,10-3)22-16(18)12-14-17(4)13-11-15-24(19-5,20-6)21-7/h8-15H2,1-7H3. The van der Waals surface area contributed by atoms with Gasteiger partial charge in [0.15, 0.2) is 0 Å². The van der Waals surface area contributed by atoms with E-state index in [-0.39, 0.29) is 5.97 Å². The first-order chi connectivity index (χ1) is 11.4. The van der Waals surface area contributed by atoms with Crippen LogP contribution in [-0.4, -0.2) is 69.5 Å². The average Bonchev–Trinajstić information content (AvgIpc) is 2.62. The number of carbonyl (C=O) groups is 1. The molecule has 0 bridgehead atoms. The molecule has 0 aliphatic heterocycles. The fourth-order valence-corrected chi connectivity index (χ4v) is 7.00. The lowest BCUT2D eigenvalue weighted by Crippen LogP contribution is -2.43. The average molecular weight is 380 g/mol. The zero-order valence-electron chi connectivity index (χ0n) is 16.6. The van der Waals surface area contributed by atoms with Crippen LogP contribution >= 0.6 is 0 Å². The number of carbonyl (C=O) groups excluding carboxylic acids is 1. The Morgan fingerprint density at radius 1 is 0.917 bits per heavy atom. The van der Waals surface area contributed by atoms with E-state index in [1.807, 2.05) is 7.05 Å². The molecule has 0 unspecified atom stereocenters. The van der Waals surface area contributed by atoms with Gasteiger partial charge in [-0.15, -0.1) is 0 Å². The zero-order chi connectivity index (χ0) is 18.6. The summed E-state index contributed by atoms with van der Waals surface area (Å²) in [6.07, 6.45) is 1.36. The first-order valence-corrected chi connectivity index (χ1v) is 13.4. The summed E-state index contributed by atoms with van der Waals surface area (Å²) < 4.78 is 22.1. The fraction of sp³-hybridized carbons (Fsp3) is 0.938. The van der Waals surface area contributed by atoms with Crippen molar-refractivity contribution >= 4 is 23.1 Å². The molecule has 0 saturated heterocycles. The van der Waals surface area contributed by atoms with Gasteiger partial charge in [0.25, 0.3) is 14.3 Å². The quantitative estimate of drug-likeness (QED) is 0.432.